The zero-order valence-electron chi connectivity index (χ0n) is 43.6. The summed E-state index contributed by atoms with van der Waals surface area (Å²) in [6, 6.07) is 23.4. The molecule has 3 fully saturated rings. The van der Waals surface area contributed by atoms with Gasteiger partial charge < -0.3 is 60.1 Å². The van der Waals surface area contributed by atoms with Gasteiger partial charge >= 0.3 is 0 Å². The van der Waals surface area contributed by atoms with Crippen molar-refractivity contribution in [1.82, 2.24) is 35.7 Å². The minimum atomic E-state index is -0.448. The third-order valence-corrected chi connectivity index (χ3v) is 14.6. The Morgan fingerprint density at radius 3 is 2.00 bits per heavy atom. The zero-order chi connectivity index (χ0) is 54.0. The van der Waals surface area contributed by atoms with Gasteiger partial charge in [-0.15, -0.1) is 0 Å². The average Bonchev–Trinajstić information content (AvgIpc) is 4.00. The number of unbranched alkanes of at least 4 members (excludes halogenated alkanes) is 1. The second-order valence-corrected chi connectivity index (χ2v) is 20.0. The molecule has 3 aliphatic rings. The Morgan fingerprint density at radius 1 is 0.688 bits per heavy atom. The van der Waals surface area contributed by atoms with Crippen molar-refractivity contribution in [3.05, 3.63) is 103 Å². The highest BCUT2D eigenvalue weighted by Crippen LogP contribution is 2.40. The van der Waals surface area contributed by atoms with Crippen LogP contribution in [0.1, 0.15) is 74.6 Å². The number of benzene rings is 3. The van der Waals surface area contributed by atoms with E-state index in [0.717, 1.165) is 37.5 Å². The quantitative estimate of drug-likeness (QED) is 0.0255. The largest absolute Gasteiger partial charge is 0.457 e. The van der Waals surface area contributed by atoms with Gasteiger partial charge in [-0.3, -0.25) is 28.8 Å². The monoisotopic (exact) mass is 1080 g/mol. The molecule has 0 radical (unpaired) electrons. The maximum absolute atomic E-state index is 13.9. The Labute approximate surface area is 454 Å². The summed E-state index contributed by atoms with van der Waals surface area (Å²) in [6.07, 6.45) is 8.78. The minimum Gasteiger partial charge on any atom is -0.457 e. The number of aromatic nitrogens is 2. The predicted octanol–water partition coefficient (Wildman–Crippen LogP) is 6.63. The topological polar surface area (TPSA) is 241 Å². The smallest absolute Gasteiger partial charge is 0.254 e. The van der Waals surface area contributed by atoms with Crippen LogP contribution >= 0.6 is 11.8 Å². The molecule has 0 bridgehead atoms. The maximum atomic E-state index is 13.9. The molecule has 3 aromatic carbocycles. The van der Waals surface area contributed by atoms with Crippen molar-refractivity contribution in [1.29, 1.82) is 0 Å². The number of fused-ring (bicyclic) bond motifs is 1. The molecule has 77 heavy (non-hydrogen) atoms. The second kappa shape index (κ2) is 31.2. The van der Waals surface area contributed by atoms with Crippen LogP contribution in [0.3, 0.4) is 0 Å². The number of ether oxygens (including phenoxy) is 5. The average molecular weight is 1080 g/mol. The first-order chi connectivity index (χ1) is 37.6. The second-order valence-electron chi connectivity index (χ2n) is 18.8. The van der Waals surface area contributed by atoms with Crippen LogP contribution in [0.15, 0.2) is 97.8 Å². The molecular weight excluding hydrogens is 1010 g/mol. The molecule has 5 N–H and O–H groups in total. The molecule has 0 spiro atoms. The highest BCUT2D eigenvalue weighted by Gasteiger charge is 2.42. The van der Waals surface area contributed by atoms with Gasteiger partial charge in [-0.05, 0) is 92.8 Å². The van der Waals surface area contributed by atoms with Crippen LogP contribution in [0.2, 0.25) is 0 Å². The summed E-state index contributed by atoms with van der Waals surface area (Å²) in [7, 11) is 0. The van der Waals surface area contributed by atoms with Crippen LogP contribution in [0.5, 0.6) is 23.1 Å². The zero-order valence-corrected chi connectivity index (χ0v) is 44.4. The third kappa shape index (κ3) is 19.8. The van der Waals surface area contributed by atoms with Gasteiger partial charge in [0.25, 0.3) is 5.91 Å². The van der Waals surface area contributed by atoms with E-state index in [4.69, 9.17) is 23.7 Å². The van der Waals surface area contributed by atoms with Gasteiger partial charge in [0.15, 0.2) is 0 Å². The normalized spacial score (nSPS) is 16.7. The summed E-state index contributed by atoms with van der Waals surface area (Å²) in [4.78, 5) is 87.5. The number of thioether (sulfide) groups is 1. The van der Waals surface area contributed by atoms with Crippen LogP contribution in [0.4, 0.5) is 17.2 Å². The number of hydrogen-bond donors (Lipinski definition) is 5. The van der Waals surface area contributed by atoms with Gasteiger partial charge in [-0.1, -0.05) is 31.2 Å². The summed E-state index contributed by atoms with van der Waals surface area (Å²) >= 11 is 1.96. The Kier molecular flexibility index (Phi) is 23.4. The van der Waals surface area contributed by atoms with E-state index in [2.05, 4.69) is 43.1 Å². The lowest BCUT2D eigenvalue weighted by atomic mass is 9.94. The molecular formula is C56H71N9O11S. The lowest BCUT2D eigenvalue weighted by molar-refractivity contribution is -0.133. The molecule has 0 unspecified atom stereocenters. The van der Waals surface area contributed by atoms with Gasteiger partial charge in [-0.25, -0.2) is 9.97 Å². The van der Waals surface area contributed by atoms with Crippen molar-refractivity contribution >= 4 is 64.4 Å². The van der Waals surface area contributed by atoms with Crippen molar-refractivity contribution in [2.75, 3.05) is 95.3 Å². The summed E-state index contributed by atoms with van der Waals surface area (Å²) in [5, 5.41) is 15.4. The molecule has 3 atom stereocenters. The number of nitrogens with one attached hydrogen (secondary N) is 5. The molecule has 0 aliphatic carbocycles. The summed E-state index contributed by atoms with van der Waals surface area (Å²) in [5.74, 6) is 3.31. The summed E-state index contributed by atoms with van der Waals surface area (Å²) in [5.41, 5.74) is 1.15. The van der Waals surface area contributed by atoms with Crippen molar-refractivity contribution in [3.63, 3.8) is 0 Å². The molecule has 21 heteroatoms. The van der Waals surface area contributed by atoms with E-state index in [-0.39, 0.29) is 48.3 Å². The fourth-order valence-corrected chi connectivity index (χ4v) is 10.7. The predicted molar refractivity (Wildman–Crippen MR) is 292 cm³/mol. The van der Waals surface area contributed by atoms with Crippen molar-refractivity contribution in [3.8, 4) is 23.1 Å². The summed E-state index contributed by atoms with van der Waals surface area (Å²) < 4.78 is 28.6. The number of nitrogens with zero attached hydrogens (tertiary/aromatic N) is 4. The van der Waals surface area contributed by atoms with Gasteiger partial charge in [-0.2, -0.15) is 11.8 Å². The fourth-order valence-electron chi connectivity index (χ4n) is 9.01. The van der Waals surface area contributed by atoms with E-state index < -0.39 is 5.91 Å². The lowest BCUT2D eigenvalue weighted by Gasteiger charge is -2.35. The first-order valence-corrected chi connectivity index (χ1v) is 27.6. The molecule has 3 aliphatic heterocycles. The van der Waals surface area contributed by atoms with Crippen LogP contribution in [-0.4, -0.2) is 151 Å². The molecule has 3 saturated heterocycles. The number of rotatable bonds is 32. The number of piperazine rings is 1. The molecule has 1 aromatic heterocycles. The molecule has 4 aromatic rings. The SMILES string of the molecule is C=CC(=O)Nc1cc(Nc2cc(Oc3ccc(Oc4ccccc4)cc3)ncn2)cc(C(=O)N2CCN(C(=O)CCCC(=O)NCCCOCCOCCOCCCNC(=O)CCCC[C@@H]3SC[C@@H]4NC(=O)C[C@@H]43)CC2)c1. The molecule has 20 nitrogen and oxygen atoms in total. The maximum Gasteiger partial charge on any atom is 0.254 e. The first-order valence-electron chi connectivity index (χ1n) is 26.5. The van der Waals surface area contributed by atoms with Crippen molar-refractivity contribution in [2.45, 2.75) is 75.5 Å². The van der Waals surface area contributed by atoms with E-state index in [1.807, 2.05) is 42.1 Å². The Balaban J connectivity index is 0.695. The van der Waals surface area contributed by atoms with Crippen LogP contribution in [-0.2, 0) is 38.2 Å². The first kappa shape index (κ1) is 57.6. The third-order valence-electron chi connectivity index (χ3n) is 13.0. The van der Waals surface area contributed by atoms with E-state index >= 15 is 0 Å². The van der Waals surface area contributed by atoms with Gasteiger partial charge in [0, 0.05) is 124 Å². The van der Waals surface area contributed by atoms with Gasteiger partial charge in [0.1, 0.15) is 29.4 Å². The fraction of sp³-hybridized carbons (Fsp3) is 0.464. The van der Waals surface area contributed by atoms with E-state index in [9.17, 15) is 28.8 Å². The molecule has 4 heterocycles. The van der Waals surface area contributed by atoms with Crippen LogP contribution < -0.4 is 36.1 Å². The molecule has 412 valence electrons. The van der Waals surface area contributed by atoms with Gasteiger partial charge in [0.05, 0.1) is 26.4 Å². The van der Waals surface area contributed by atoms with E-state index in [1.54, 1.807) is 58.3 Å². The number of amides is 6. The molecule has 0 saturated carbocycles. The highest BCUT2D eigenvalue weighted by molar-refractivity contribution is 8.00. The number of para-hydroxylation sites is 1. The van der Waals surface area contributed by atoms with Crippen LogP contribution in [0.25, 0.3) is 0 Å². The van der Waals surface area contributed by atoms with E-state index in [0.29, 0.717) is 162 Å². The van der Waals surface area contributed by atoms with Gasteiger partial charge in [0.2, 0.25) is 35.4 Å². The molecule has 6 amide bonds. The number of carbonyl (C=O) groups excluding carboxylic acids is 6. The Hall–Kier alpha value is -7.07. The minimum absolute atomic E-state index is 0.0683. The molecule has 7 rings (SSSR count). The highest BCUT2D eigenvalue weighted by atomic mass is 32.2. The number of carbonyl (C=O) groups is 6. The Bertz CT molecular complexity index is 2570. The summed E-state index contributed by atoms with van der Waals surface area (Å²) in [6.45, 7) is 8.64. The number of hydrogen-bond acceptors (Lipinski definition) is 15. The van der Waals surface area contributed by atoms with Crippen molar-refractivity contribution < 1.29 is 52.5 Å². The number of anilines is 3. The van der Waals surface area contributed by atoms with Crippen LogP contribution in [0, 0.1) is 5.92 Å². The van der Waals surface area contributed by atoms with E-state index in [1.165, 1.54) is 6.33 Å². The van der Waals surface area contributed by atoms with Crippen molar-refractivity contribution in [2.24, 2.45) is 5.92 Å². The Morgan fingerprint density at radius 2 is 1.31 bits per heavy atom. The standard InChI is InChI=1S/C56H71N9O11S/c1-2-50(66)62-42-34-40(33-41(35-42)61-49-37-54(60-39-59-49)76-45-19-17-44(18-20-45)75-43-11-4-3-5-12-43)56(71)65-25-23-64(24-26-65)55(70)16-8-15-52(68)58-22-10-28-73-30-32-74-31-29-72-27-9-21-57-51(67)14-7-6-13-48-46-36-53(69)63-47(46)38-77-48/h2-5,11-12,17-20,33-35,37,39,46-48H,1,6-10,13-16,21-32,36,38H2,(H,57,67)(H,58,68)(H,62,66)(H,63,69)(H,59,60,61)/t46-,47-,48-/m0/s1. The lowest BCUT2D eigenvalue weighted by Crippen LogP contribution is -2.50.